The molecule has 5 nitrogen and oxygen atoms in total. The number of imide groups is 1. The second-order valence-electron chi connectivity index (χ2n) is 5.90. The first kappa shape index (κ1) is 13.8. The number of nitrogens with zero attached hydrogens (tertiary/aromatic N) is 1. The Labute approximate surface area is 122 Å². The summed E-state index contributed by atoms with van der Waals surface area (Å²) < 4.78 is 0. The Morgan fingerprint density at radius 1 is 1.14 bits per heavy atom. The zero-order valence-electron chi connectivity index (χ0n) is 12.0. The number of fused-ring (bicyclic) bond motifs is 1. The van der Waals surface area contributed by atoms with Gasteiger partial charge in [-0.3, -0.25) is 14.5 Å². The van der Waals surface area contributed by atoms with Crippen LogP contribution in [0.3, 0.4) is 0 Å². The van der Waals surface area contributed by atoms with Gasteiger partial charge in [0.05, 0.1) is 23.1 Å². The van der Waals surface area contributed by atoms with Crippen molar-refractivity contribution in [3.8, 4) is 0 Å². The van der Waals surface area contributed by atoms with Crippen LogP contribution in [0.25, 0.3) is 0 Å². The van der Waals surface area contributed by atoms with Gasteiger partial charge in [0.15, 0.2) is 0 Å². The Kier molecular flexibility index (Phi) is 3.08. The van der Waals surface area contributed by atoms with E-state index < -0.39 is 5.97 Å². The van der Waals surface area contributed by atoms with Gasteiger partial charge >= 0.3 is 5.97 Å². The van der Waals surface area contributed by atoms with Gasteiger partial charge < -0.3 is 5.11 Å². The quantitative estimate of drug-likeness (QED) is 0.847. The van der Waals surface area contributed by atoms with E-state index >= 15 is 0 Å². The van der Waals surface area contributed by atoms with Gasteiger partial charge in [-0.25, -0.2) is 4.79 Å². The number of aryl methyl sites for hydroxylation is 1. The average molecular weight is 287 g/mol. The predicted molar refractivity (Wildman–Crippen MR) is 76.2 cm³/mol. The lowest BCUT2D eigenvalue weighted by atomic mass is 10.00. The number of hydrogen-bond donors (Lipinski definition) is 1. The minimum absolute atomic E-state index is 0.141. The van der Waals surface area contributed by atoms with Crippen LogP contribution in [0.1, 0.15) is 40.7 Å². The highest BCUT2D eigenvalue weighted by atomic mass is 16.4. The molecule has 0 bridgehead atoms. The molecular formula is C16H17NO4. The Balaban J connectivity index is 2.07. The number of carbonyl (C=O) groups is 3. The molecule has 0 radical (unpaired) electrons. The van der Waals surface area contributed by atoms with Crippen LogP contribution in [0.4, 0.5) is 5.69 Å². The van der Waals surface area contributed by atoms with Crippen molar-refractivity contribution >= 4 is 23.5 Å². The average Bonchev–Trinajstić information content (AvgIpc) is 2.98. The molecule has 1 aromatic rings. The monoisotopic (exact) mass is 287 g/mol. The number of benzene rings is 1. The first-order chi connectivity index (χ1) is 9.91. The standard InChI is InChI=1S/C16H17NO4/c1-8-6-10(7-13(9(8)2)16(20)21)17-14(18)11-4-3-5-12(11)15(17)19/h6-7,11-12H,3-5H2,1-2H3,(H,20,21). The Morgan fingerprint density at radius 3 is 2.24 bits per heavy atom. The number of amides is 2. The molecule has 1 saturated carbocycles. The summed E-state index contributed by atoms with van der Waals surface area (Å²) in [6.07, 6.45) is 2.42. The van der Waals surface area contributed by atoms with Crippen molar-refractivity contribution in [3.05, 3.63) is 28.8 Å². The van der Waals surface area contributed by atoms with Gasteiger partial charge in [0.1, 0.15) is 0 Å². The molecule has 3 rings (SSSR count). The van der Waals surface area contributed by atoms with Gasteiger partial charge in [0.25, 0.3) is 0 Å². The first-order valence-electron chi connectivity index (χ1n) is 7.14. The third kappa shape index (κ3) is 1.95. The second kappa shape index (κ2) is 4.69. The maximum Gasteiger partial charge on any atom is 0.336 e. The Bertz CT molecular complexity index is 642. The van der Waals surface area contributed by atoms with Crippen molar-refractivity contribution in [3.63, 3.8) is 0 Å². The van der Waals surface area contributed by atoms with E-state index in [-0.39, 0.29) is 29.2 Å². The number of aromatic carboxylic acids is 1. The normalized spacial score (nSPS) is 24.6. The van der Waals surface area contributed by atoms with Gasteiger partial charge in [0, 0.05) is 0 Å². The van der Waals surface area contributed by atoms with Crippen LogP contribution in [0.15, 0.2) is 12.1 Å². The number of anilines is 1. The summed E-state index contributed by atoms with van der Waals surface area (Å²) in [6.45, 7) is 3.52. The zero-order valence-corrected chi connectivity index (χ0v) is 12.0. The van der Waals surface area contributed by atoms with Gasteiger partial charge in [-0.1, -0.05) is 6.42 Å². The van der Waals surface area contributed by atoms with E-state index in [1.807, 2.05) is 0 Å². The Hall–Kier alpha value is -2.17. The lowest BCUT2D eigenvalue weighted by Crippen LogP contribution is -2.32. The molecule has 2 fully saturated rings. The molecule has 5 heteroatoms. The third-order valence-electron chi connectivity index (χ3n) is 4.73. The maximum absolute atomic E-state index is 12.4. The van der Waals surface area contributed by atoms with Crippen LogP contribution in [0, 0.1) is 25.7 Å². The van der Waals surface area contributed by atoms with Crippen molar-refractivity contribution in [2.75, 3.05) is 4.90 Å². The molecule has 0 aromatic heterocycles. The zero-order chi connectivity index (χ0) is 15.3. The van der Waals surface area contributed by atoms with Gasteiger partial charge in [0.2, 0.25) is 11.8 Å². The van der Waals surface area contributed by atoms with Crippen molar-refractivity contribution in [1.29, 1.82) is 0 Å². The molecule has 2 amide bonds. The third-order valence-corrected chi connectivity index (χ3v) is 4.73. The van der Waals surface area contributed by atoms with Crippen molar-refractivity contribution in [2.24, 2.45) is 11.8 Å². The minimum atomic E-state index is -1.04. The van der Waals surface area contributed by atoms with E-state index in [0.29, 0.717) is 11.3 Å². The lowest BCUT2D eigenvalue weighted by molar-refractivity contribution is -0.122. The lowest BCUT2D eigenvalue weighted by Gasteiger charge is -2.18. The van der Waals surface area contributed by atoms with Crippen LogP contribution < -0.4 is 4.90 Å². The molecular weight excluding hydrogens is 270 g/mol. The van der Waals surface area contributed by atoms with Crippen LogP contribution in [-0.2, 0) is 9.59 Å². The van der Waals surface area contributed by atoms with Crippen molar-refractivity contribution < 1.29 is 19.5 Å². The van der Waals surface area contributed by atoms with Crippen LogP contribution in [-0.4, -0.2) is 22.9 Å². The molecule has 1 heterocycles. The Morgan fingerprint density at radius 2 is 1.71 bits per heavy atom. The van der Waals surface area contributed by atoms with E-state index in [4.69, 9.17) is 0 Å². The summed E-state index contributed by atoms with van der Waals surface area (Å²) in [7, 11) is 0. The SMILES string of the molecule is Cc1cc(N2C(=O)C3CCCC3C2=O)cc(C(=O)O)c1C. The summed E-state index contributed by atoms with van der Waals surface area (Å²) in [5, 5.41) is 9.26. The van der Waals surface area contributed by atoms with Crippen molar-refractivity contribution in [2.45, 2.75) is 33.1 Å². The highest BCUT2D eigenvalue weighted by molar-refractivity contribution is 6.22. The van der Waals surface area contributed by atoms with Crippen LogP contribution >= 0.6 is 0 Å². The number of rotatable bonds is 2. The van der Waals surface area contributed by atoms with E-state index in [1.54, 1.807) is 19.9 Å². The molecule has 1 aromatic carbocycles. The van der Waals surface area contributed by atoms with Crippen molar-refractivity contribution in [1.82, 2.24) is 0 Å². The largest absolute Gasteiger partial charge is 0.478 e. The fraction of sp³-hybridized carbons (Fsp3) is 0.438. The summed E-state index contributed by atoms with van der Waals surface area (Å²) in [4.78, 5) is 37.4. The highest BCUT2D eigenvalue weighted by Gasteiger charge is 2.50. The second-order valence-corrected chi connectivity index (χ2v) is 5.90. The number of carbonyl (C=O) groups excluding carboxylic acids is 2. The van der Waals surface area contributed by atoms with Crippen LogP contribution in [0.2, 0.25) is 0 Å². The highest BCUT2D eigenvalue weighted by Crippen LogP contribution is 2.42. The van der Waals surface area contributed by atoms with Crippen LogP contribution in [0.5, 0.6) is 0 Å². The summed E-state index contributed by atoms with van der Waals surface area (Å²) >= 11 is 0. The number of hydrogen-bond acceptors (Lipinski definition) is 3. The van der Waals surface area contributed by atoms with E-state index in [9.17, 15) is 19.5 Å². The molecule has 0 spiro atoms. The summed E-state index contributed by atoms with van der Waals surface area (Å²) in [5.74, 6) is -1.83. The van der Waals surface area contributed by atoms with E-state index in [2.05, 4.69) is 0 Å². The molecule has 21 heavy (non-hydrogen) atoms. The minimum Gasteiger partial charge on any atom is -0.478 e. The fourth-order valence-electron chi connectivity index (χ4n) is 3.44. The smallest absolute Gasteiger partial charge is 0.336 e. The molecule has 1 aliphatic heterocycles. The molecule has 2 atom stereocenters. The summed E-state index contributed by atoms with van der Waals surface area (Å²) in [5.41, 5.74) is 1.95. The molecule has 1 aliphatic carbocycles. The predicted octanol–water partition coefficient (Wildman–Crippen LogP) is 2.29. The van der Waals surface area contributed by atoms with E-state index in [0.717, 1.165) is 24.8 Å². The van der Waals surface area contributed by atoms with Gasteiger partial charge in [-0.15, -0.1) is 0 Å². The molecule has 2 unspecified atom stereocenters. The molecule has 1 N–H and O–H groups in total. The number of carboxylic acids is 1. The van der Waals surface area contributed by atoms with Gasteiger partial charge in [-0.05, 0) is 49.9 Å². The number of carboxylic acid groups (broad SMARTS) is 1. The summed E-state index contributed by atoms with van der Waals surface area (Å²) in [6, 6.07) is 3.15. The fourth-order valence-corrected chi connectivity index (χ4v) is 3.44. The molecule has 2 aliphatic rings. The molecule has 1 saturated heterocycles. The van der Waals surface area contributed by atoms with E-state index in [1.165, 1.54) is 11.0 Å². The maximum atomic E-state index is 12.4. The molecule has 110 valence electrons. The van der Waals surface area contributed by atoms with Gasteiger partial charge in [-0.2, -0.15) is 0 Å². The first-order valence-corrected chi connectivity index (χ1v) is 7.14. The topological polar surface area (TPSA) is 74.7 Å².